The maximum Gasteiger partial charge on any atom is 0.337 e. The second kappa shape index (κ2) is 13.8. The van der Waals surface area contributed by atoms with Gasteiger partial charge in [0.15, 0.2) is 17.7 Å². The lowest BCUT2D eigenvalue weighted by Gasteiger charge is -2.28. The van der Waals surface area contributed by atoms with Crippen LogP contribution in [0.4, 0.5) is 10.5 Å². The fourth-order valence-corrected chi connectivity index (χ4v) is 6.08. The molecule has 1 aliphatic rings. The first kappa shape index (κ1) is 29.8. The molecule has 0 bridgehead atoms. The summed E-state index contributed by atoms with van der Waals surface area (Å²) in [6.45, 7) is 3.70. The number of aliphatic hydroxyl groups is 1. The van der Waals surface area contributed by atoms with E-state index in [2.05, 4.69) is 71.7 Å². The molecule has 38 heavy (non-hydrogen) atoms. The van der Waals surface area contributed by atoms with Crippen molar-refractivity contribution in [2.45, 2.75) is 26.1 Å². The first-order chi connectivity index (χ1) is 18.2. The van der Waals surface area contributed by atoms with Gasteiger partial charge in [-0.25, -0.2) is 9.59 Å². The van der Waals surface area contributed by atoms with Gasteiger partial charge in [-0.05, 0) is 94.4 Å². The molecule has 2 atom stereocenters. The van der Waals surface area contributed by atoms with Crippen LogP contribution >= 0.6 is 45.2 Å². The molecule has 2 aromatic carbocycles. The van der Waals surface area contributed by atoms with Crippen molar-refractivity contribution < 1.29 is 28.9 Å². The minimum absolute atomic E-state index is 0.110. The Morgan fingerprint density at radius 1 is 1.21 bits per heavy atom. The Balaban J connectivity index is 1.70. The average molecular weight is 749 g/mol. The summed E-state index contributed by atoms with van der Waals surface area (Å²) < 4.78 is 18.5. The van der Waals surface area contributed by atoms with E-state index in [4.69, 9.17) is 14.2 Å². The molecule has 2 aromatic rings. The molecule has 0 aromatic heterocycles. The molecule has 1 aliphatic heterocycles. The molecule has 11 nitrogen and oxygen atoms in total. The van der Waals surface area contributed by atoms with E-state index in [1.165, 1.54) is 7.11 Å². The van der Waals surface area contributed by atoms with Crippen molar-refractivity contribution in [3.63, 3.8) is 0 Å². The lowest BCUT2D eigenvalue weighted by molar-refractivity contribution is -0.136. The molecule has 0 radical (unpaired) electrons. The zero-order valence-electron chi connectivity index (χ0n) is 21.2. The van der Waals surface area contributed by atoms with Crippen LogP contribution in [0.5, 0.6) is 11.5 Å². The maximum atomic E-state index is 12.4. The van der Waals surface area contributed by atoms with E-state index in [0.717, 1.165) is 18.4 Å². The van der Waals surface area contributed by atoms with Crippen LogP contribution in [0.15, 0.2) is 46.7 Å². The van der Waals surface area contributed by atoms with Crippen LogP contribution in [-0.2, 0) is 9.53 Å². The summed E-state index contributed by atoms with van der Waals surface area (Å²) in [4.78, 5) is 24.5. The van der Waals surface area contributed by atoms with Crippen LogP contribution < -0.4 is 30.8 Å². The van der Waals surface area contributed by atoms with Crippen LogP contribution in [0.25, 0.3) is 0 Å². The number of ether oxygens (including phenoxy) is 3. The van der Waals surface area contributed by atoms with Crippen molar-refractivity contribution in [3.8, 4) is 11.5 Å². The van der Waals surface area contributed by atoms with E-state index in [1.54, 1.807) is 31.3 Å². The van der Waals surface area contributed by atoms with Crippen molar-refractivity contribution >= 4 is 69.1 Å². The molecule has 0 aliphatic carbocycles. The number of nitrogens with zero attached hydrogens (tertiary/aromatic N) is 1. The number of carbonyl (C=O) groups excluding carboxylic acids is 2. The van der Waals surface area contributed by atoms with Crippen molar-refractivity contribution in [1.29, 1.82) is 0 Å². The number of methoxy groups -OCH3 is 1. The largest absolute Gasteiger partial charge is 0.490 e. The summed E-state index contributed by atoms with van der Waals surface area (Å²) in [6.07, 6.45) is 0.533. The highest BCUT2D eigenvalue weighted by atomic mass is 127. The number of hydrogen-bond acceptors (Lipinski definition) is 9. The predicted octanol–water partition coefficient (Wildman–Crippen LogP) is 3.46. The third kappa shape index (κ3) is 7.41. The third-order valence-electron chi connectivity index (χ3n) is 5.42. The molecule has 2 amide bonds. The number of esters is 1. The molecule has 3 rings (SSSR count). The zero-order chi connectivity index (χ0) is 27.8. The minimum atomic E-state index is -1.09. The fraction of sp³-hybridized carbons (Fsp3) is 0.320. The van der Waals surface area contributed by atoms with Gasteiger partial charge in [0.2, 0.25) is 0 Å². The molecule has 204 valence electrons. The number of anilines is 1. The monoisotopic (exact) mass is 749 g/mol. The lowest BCUT2D eigenvalue weighted by atomic mass is 9.95. The van der Waals surface area contributed by atoms with Crippen molar-refractivity contribution in [2.24, 2.45) is 5.10 Å². The number of amides is 2. The molecule has 1 heterocycles. The number of nitrogens with one attached hydrogen (secondary N) is 4. The van der Waals surface area contributed by atoms with E-state index in [1.807, 2.05) is 26.1 Å². The smallest absolute Gasteiger partial charge is 0.337 e. The predicted molar refractivity (Wildman–Crippen MR) is 160 cm³/mol. The summed E-state index contributed by atoms with van der Waals surface area (Å²) in [7, 11) is 3.15. The Morgan fingerprint density at radius 3 is 2.55 bits per heavy atom. The molecule has 0 fully saturated rings. The number of hydrazone groups is 1. The van der Waals surface area contributed by atoms with Gasteiger partial charge in [0.25, 0.3) is 0 Å². The van der Waals surface area contributed by atoms with Gasteiger partial charge in [0, 0.05) is 19.9 Å². The highest BCUT2D eigenvalue weighted by Crippen LogP contribution is 2.35. The Morgan fingerprint density at radius 2 is 1.92 bits per heavy atom. The Hall–Kier alpha value is -2.79. The molecular weight excluding hydrogens is 720 g/mol. The number of halogens is 2. The van der Waals surface area contributed by atoms with E-state index in [-0.39, 0.29) is 12.2 Å². The van der Waals surface area contributed by atoms with Gasteiger partial charge in [0.05, 0.1) is 37.2 Å². The average Bonchev–Trinajstić information content (AvgIpc) is 2.87. The molecule has 0 saturated heterocycles. The van der Waals surface area contributed by atoms with Gasteiger partial charge in [-0.15, -0.1) is 0 Å². The van der Waals surface area contributed by atoms with Gasteiger partial charge in [-0.1, -0.05) is 6.07 Å². The Kier molecular flexibility index (Phi) is 10.8. The molecule has 0 spiro atoms. The minimum Gasteiger partial charge on any atom is -0.490 e. The Bertz CT molecular complexity index is 1230. The highest BCUT2D eigenvalue weighted by molar-refractivity contribution is 14.1. The van der Waals surface area contributed by atoms with Crippen molar-refractivity contribution in [3.05, 3.63) is 59.9 Å². The molecule has 13 heteroatoms. The summed E-state index contributed by atoms with van der Waals surface area (Å²) in [5.41, 5.74) is 5.87. The van der Waals surface area contributed by atoms with Gasteiger partial charge >= 0.3 is 12.0 Å². The van der Waals surface area contributed by atoms with Gasteiger partial charge in [-0.3, -0.25) is 5.43 Å². The first-order valence-electron chi connectivity index (χ1n) is 11.6. The summed E-state index contributed by atoms with van der Waals surface area (Å²) in [5.74, 6) is 0.215. The van der Waals surface area contributed by atoms with Crippen molar-refractivity contribution in [2.75, 3.05) is 32.7 Å². The molecule has 0 unspecified atom stereocenters. The number of carbonyl (C=O) groups is 2. The lowest BCUT2D eigenvalue weighted by Crippen LogP contribution is -2.45. The topological polar surface area (TPSA) is 143 Å². The molecule has 0 saturated carbocycles. The van der Waals surface area contributed by atoms with E-state index < -0.39 is 24.3 Å². The number of aliphatic hydroxyl groups excluding tert-OH is 1. The zero-order valence-corrected chi connectivity index (χ0v) is 25.5. The second-order valence-corrected chi connectivity index (χ2v) is 10.3. The molecular formula is C25H29I2N5O6. The van der Waals surface area contributed by atoms with Gasteiger partial charge in [0.1, 0.15) is 6.61 Å². The van der Waals surface area contributed by atoms with Crippen molar-refractivity contribution in [1.82, 2.24) is 16.1 Å². The molecule has 5 N–H and O–H groups in total. The highest BCUT2D eigenvalue weighted by Gasteiger charge is 2.32. The van der Waals surface area contributed by atoms with Gasteiger partial charge in [-0.2, -0.15) is 5.10 Å². The second-order valence-electron chi connectivity index (χ2n) is 8.02. The van der Waals surface area contributed by atoms with E-state index in [9.17, 15) is 14.7 Å². The summed E-state index contributed by atoms with van der Waals surface area (Å²) in [5, 5.41) is 22.9. The normalized spacial score (nSPS) is 16.0. The quantitative estimate of drug-likeness (QED) is 0.0774. The number of hydrogen-bond donors (Lipinski definition) is 5. The van der Waals surface area contributed by atoms with Crippen LogP contribution in [0.2, 0.25) is 0 Å². The number of benzene rings is 2. The van der Waals surface area contributed by atoms with E-state index >= 15 is 0 Å². The van der Waals surface area contributed by atoms with Crippen LogP contribution in [-0.4, -0.2) is 56.9 Å². The summed E-state index contributed by atoms with van der Waals surface area (Å²) in [6, 6.07) is 7.83. The number of allylic oxidation sites excluding steroid dienone is 1. The van der Waals surface area contributed by atoms with E-state index in [0.29, 0.717) is 29.4 Å². The van der Waals surface area contributed by atoms with Crippen LogP contribution in [0.1, 0.15) is 31.0 Å². The summed E-state index contributed by atoms with van der Waals surface area (Å²) >= 11 is 4.50. The van der Waals surface area contributed by atoms with Crippen LogP contribution in [0.3, 0.4) is 0 Å². The van der Waals surface area contributed by atoms with Crippen LogP contribution in [0, 0.1) is 7.14 Å². The Labute approximate surface area is 248 Å². The number of urea groups is 1. The number of rotatable bonds is 11. The fourth-order valence-electron chi connectivity index (χ4n) is 3.73. The first-order valence-corrected chi connectivity index (χ1v) is 13.7. The van der Waals surface area contributed by atoms with Gasteiger partial charge < -0.3 is 35.3 Å². The third-order valence-corrected chi connectivity index (χ3v) is 7.13. The maximum absolute atomic E-state index is 12.4. The SMILES string of the molecule is CCOc1cc([C@@H]2NC(=O)NC(C)=C2C(=O)OC)ccc1OC[C@H](O)N/N=C\c1cc(I)c(NC)c(I)c1. The standard InChI is InChI=1S/C25H29I2N5O6/c1-5-37-19-10-15(22-21(24(34)36-4)13(2)30-25(35)31-22)6-7-18(19)38-12-20(33)32-29-11-14-8-16(26)23(28-3)17(27)9-14/h6-11,20,22,28,32-33H,5,12H2,1-4H3,(H2,30,31,35)/b29-11-/t20-,22-/m0/s1.